The summed E-state index contributed by atoms with van der Waals surface area (Å²) in [5, 5.41) is 3.40. The number of amides is 1. The monoisotopic (exact) mass is 358 g/mol. The number of rotatable bonds is 8. The van der Waals surface area contributed by atoms with E-state index in [1.54, 1.807) is 0 Å². The number of carbonyl (C=O) groups excluding carboxylic acids is 1. The summed E-state index contributed by atoms with van der Waals surface area (Å²) in [6.45, 7) is 4.13. The van der Waals surface area contributed by atoms with Crippen LogP contribution in [0.2, 0.25) is 0 Å². The molecule has 3 heteroatoms. The smallest absolute Gasteiger partial charge is 0.228 e. The molecule has 3 rings (SSSR count). The van der Waals surface area contributed by atoms with Gasteiger partial charge in [-0.3, -0.25) is 4.79 Å². The first-order chi connectivity index (χ1) is 13.2. The lowest BCUT2D eigenvalue weighted by Crippen LogP contribution is -2.32. The van der Waals surface area contributed by atoms with E-state index in [-0.39, 0.29) is 5.91 Å². The minimum absolute atomic E-state index is 0.127. The lowest BCUT2D eigenvalue weighted by Gasteiger charge is -2.23. The van der Waals surface area contributed by atoms with Crippen LogP contribution in [0.1, 0.15) is 23.1 Å². The van der Waals surface area contributed by atoms with E-state index in [1.807, 2.05) is 65.6 Å². The number of anilines is 1. The van der Waals surface area contributed by atoms with E-state index in [2.05, 4.69) is 36.5 Å². The number of nitrogens with zero attached hydrogens (tertiary/aromatic N) is 1. The Morgan fingerprint density at radius 2 is 1.48 bits per heavy atom. The molecule has 0 radical (unpaired) electrons. The molecule has 3 nitrogen and oxygen atoms in total. The molecular formula is C24H26N2O. The summed E-state index contributed by atoms with van der Waals surface area (Å²) in [6, 6.07) is 28.3. The number of aryl methyl sites for hydroxylation is 1. The molecular weight excluding hydrogens is 332 g/mol. The fourth-order valence-corrected chi connectivity index (χ4v) is 3.06. The van der Waals surface area contributed by atoms with E-state index in [0.29, 0.717) is 19.5 Å². The first-order valence-corrected chi connectivity index (χ1v) is 9.38. The Morgan fingerprint density at radius 3 is 2.19 bits per heavy atom. The third kappa shape index (κ3) is 5.53. The van der Waals surface area contributed by atoms with E-state index in [4.69, 9.17) is 0 Å². The van der Waals surface area contributed by atoms with Crippen molar-refractivity contribution in [3.63, 3.8) is 0 Å². The molecule has 0 aliphatic carbocycles. The number of hydrogen-bond donors (Lipinski definition) is 1. The van der Waals surface area contributed by atoms with Crippen molar-refractivity contribution in [3.05, 3.63) is 102 Å². The van der Waals surface area contributed by atoms with Crippen molar-refractivity contribution in [3.8, 4) is 0 Å². The maximum Gasteiger partial charge on any atom is 0.228 e. The van der Waals surface area contributed by atoms with Gasteiger partial charge in [0.2, 0.25) is 5.91 Å². The van der Waals surface area contributed by atoms with Crippen LogP contribution < -0.4 is 10.2 Å². The van der Waals surface area contributed by atoms with Gasteiger partial charge in [0.05, 0.1) is 6.54 Å². The van der Waals surface area contributed by atoms with Crippen molar-refractivity contribution in [2.24, 2.45) is 0 Å². The van der Waals surface area contributed by atoms with Crippen LogP contribution in [0.3, 0.4) is 0 Å². The molecule has 3 aromatic carbocycles. The SMILES string of the molecule is Cc1ccccc1CNCCC(=O)N(Cc1ccccc1)c1ccccc1. The standard InChI is InChI=1S/C24H26N2O/c1-20-10-8-9-13-22(20)18-25-17-16-24(27)26(23-14-6-3-7-15-23)19-21-11-4-2-5-12-21/h2-15,25H,16-19H2,1H3. The van der Waals surface area contributed by atoms with Crippen LogP contribution in [0.25, 0.3) is 0 Å². The maximum atomic E-state index is 12.9. The summed E-state index contributed by atoms with van der Waals surface area (Å²) in [5.74, 6) is 0.127. The molecule has 0 atom stereocenters. The van der Waals surface area contributed by atoms with Crippen LogP contribution in [-0.2, 0) is 17.9 Å². The van der Waals surface area contributed by atoms with E-state index in [9.17, 15) is 4.79 Å². The molecule has 0 saturated carbocycles. The average Bonchev–Trinajstić information content (AvgIpc) is 2.72. The molecule has 138 valence electrons. The lowest BCUT2D eigenvalue weighted by molar-refractivity contribution is -0.118. The van der Waals surface area contributed by atoms with Gasteiger partial charge in [-0.2, -0.15) is 0 Å². The number of carbonyl (C=O) groups is 1. The molecule has 0 fully saturated rings. The van der Waals surface area contributed by atoms with E-state index >= 15 is 0 Å². The molecule has 0 bridgehead atoms. The third-order valence-corrected chi connectivity index (χ3v) is 4.64. The van der Waals surface area contributed by atoms with Crippen LogP contribution in [0, 0.1) is 6.92 Å². The van der Waals surface area contributed by atoms with Crippen molar-refractivity contribution in [1.29, 1.82) is 0 Å². The summed E-state index contributed by atoms with van der Waals surface area (Å²) in [6.07, 6.45) is 0.466. The van der Waals surface area contributed by atoms with E-state index < -0.39 is 0 Å². The van der Waals surface area contributed by atoms with Crippen molar-refractivity contribution in [1.82, 2.24) is 5.32 Å². The third-order valence-electron chi connectivity index (χ3n) is 4.64. The predicted molar refractivity (Wildman–Crippen MR) is 112 cm³/mol. The number of para-hydroxylation sites is 1. The van der Waals surface area contributed by atoms with Crippen LogP contribution in [0.15, 0.2) is 84.9 Å². The molecule has 27 heavy (non-hydrogen) atoms. The molecule has 0 unspecified atom stereocenters. The Kier molecular flexibility index (Phi) is 6.78. The first-order valence-electron chi connectivity index (χ1n) is 9.38. The molecule has 0 aliphatic rings. The van der Waals surface area contributed by atoms with Gasteiger partial charge in [-0.1, -0.05) is 72.8 Å². The van der Waals surface area contributed by atoms with Crippen molar-refractivity contribution in [2.75, 3.05) is 11.4 Å². The largest absolute Gasteiger partial charge is 0.312 e. The lowest BCUT2D eigenvalue weighted by atomic mass is 10.1. The Labute approximate surface area is 161 Å². The predicted octanol–water partition coefficient (Wildman–Crippen LogP) is 4.71. The van der Waals surface area contributed by atoms with Gasteiger partial charge in [0.25, 0.3) is 0 Å². The zero-order chi connectivity index (χ0) is 18.9. The van der Waals surface area contributed by atoms with Gasteiger partial charge in [0.1, 0.15) is 0 Å². The van der Waals surface area contributed by atoms with Gasteiger partial charge in [-0.05, 0) is 35.7 Å². The Balaban J connectivity index is 1.60. The number of nitrogens with one attached hydrogen (secondary N) is 1. The minimum Gasteiger partial charge on any atom is -0.312 e. The molecule has 0 aromatic heterocycles. The second-order valence-corrected chi connectivity index (χ2v) is 6.65. The first kappa shape index (κ1) is 18.9. The zero-order valence-corrected chi connectivity index (χ0v) is 15.8. The van der Waals surface area contributed by atoms with Crippen LogP contribution >= 0.6 is 0 Å². The van der Waals surface area contributed by atoms with E-state index in [0.717, 1.165) is 17.8 Å². The fourth-order valence-electron chi connectivity index (χ4n) is 3.06. The Morgan fingerprint density at radius 1 is 0.852 bits per heavy atom. The van der Waals surface area contributed by atoms with Crippen LogP contribution in [0.4, 0.5) is 5.69 Å². The topological polar surface area (TPSA) is 32.3 Å². The molecule has 0 aliphatic heterocycles. The van der Waals surface area contributed by atoms with Crippen molar-refractivity contribution >= 4 is 11.6 Å². The maximum absolute atomic E-state index is 12.9. The van der Waals surface area contributed by atoms with Crippen molar-refractivity contribution < 1.29 is 4.79 Å². The molecule has 1 amide bonds. The normalized spacial score (nSPS) is 10.6. The highest BCUT2D eigenvalue weighted by molar-refractivity contribution is 5.93. The fraction of sp³-hybridized carbons (Fsp3) is 0.208. The van der Waals surface area contributed by atoms with Gasteiger partial charge in [-0.15, -0.1) is 0 Å². The number of hydrogen-bond acceptors (Lipinski definition) is 2. The quantitative estimate of drug-likeness (QED) is 0.592. The van der Waals surface area contributed by atoms with Gasteiger partial charge < -0.3 is 10.2 Å². The van der Waals surface area contributed by atoms with Gasteiger partial charge in [0, 0.05) is 25.2 Å². The molecule has 0 saturated heterocycles. The molecule has 0 heterocycles. The summed E-state index contributed by atoms with van der Waals surface area (Å²) < 4.78 is 0. The number of benzene rings is 3. The van der Waals surface area contributed by atoms with Crippen molar-refractivity contribution in [2.45, 2.75) is 26.4 Å². The highest BCUT2D eigenvalue weighted by atomic mass is 16.2. The second kappa shape index (κ2) is 9.70. The summed E-state index contributed by atoms with van der Waals surface area (Å²) in [4.78, 5) is 14.8. The average molecular weight is 358 g/mol. The van der Waals surface area contributed by atoms with Gasteiger partial charge >= 0.3 is 0 Å². The minimum atomic E-state index is 0.127. The summed E-state index contributed by atoms with van der Waals surface area (Å²) in [5.41, 5.74) is 4.60. The summed E-state index contributed by atoms with van der Waals surface area (Å²) in [7, 11) is 0. The second-order valence-electron chi connectivity index (χ2n) is 6.65. The van der Waals surface area contributed by atoms with Gasteiger partial charge in [0.15, 0.2) is 0 Å². The Bertz CT molecular complexity index is 847. The Hall–Kier alpha value is -2.91. The molecule has 3 aromatic rings. The zero-order valence-electron chi connectivity index (χ0n) is 15.8. The highest BCUT2D eigenvalue weighted by Gasteiger charge is 2.15. The summed E-state index contributed by atoms with van der Waals surface area (Å²) >= 11 is 0. The van der Waals surface area contributed by atoms with Gasteiger partial charge in [-0.25, -0.2) is 0 Å². The molecule has 1 N–H and O–H groups in total. The van der Waals surface area contributed by atoms with Crippen LogP contribution in [-0.4, -0.2) is 12.5 Å². The highest BCUT2D eigenvalue weighted by Crippen LogP contribution is 2.18. The molecule has 0 spiro atoms. The van der Waals surface area contributed by atoms with E-state index in [1.165, 1.54) is 11.1 Å². The van der Waals surface area contributed by atoms with Crippen LogP contribution in [0.5, 0.6) is 0 Å².